The number of methoxy groups -OCH3 is 1. The first-order valence-corrected chi connectivity index (χ1v) is 13.7. The van der Waals surface area contributed by atoms with Crippen LogP contribution in [0.2, 0.25) is 0 Å². The van der Waals surface area contributed by atoms with Crippen LogP contribution in [0, 0.1) is 5.92 Å². The molecule has 194 valence electrons. The first-order valence-electron chi connectivity index (χ1n) is 12.8. The molecule has 6 rings (SSSR count). The maximum atomic E-state index is 14.2. The van der Waals surface area contributed by atoms with Crippen molar-refractivity contribution in [2.75, 3.05) is 12.0 Å². The van der Waals surface area contributed by atoms with Crippen molar-refractivity contribution in [3.63, 3.8) is 0 Å². The third-order valence-corrected chi connectivity index (χ3v) is 8.50. The van der Waals surface area contributed by atoms with Gasteiger partial charge in [-0.25, -0.2) is 4.79 Å². The van der Waals surface area contributed by atoms with Gasteiger partial charge >= 0.3 is 5.97 Å². The lowest BCUT2D eigenvalue weighted by molar-refractivity contribution is -0.122. The molecule has 0 radical (unpaired) electrons. The number of aliphatic imine (C=N–C) groups is 1. The summed E-state index contributed by atoms with van der Waals surface area (Å²) < 4.78 is 4.88. The van der Waals surface area contributed by atoms with Crippen LogP contribution in [0.1, 0.15) is 56.0 Å². The van der Waals surface area contributed by atoms with Gasteiger partial charge in [0.2, 0.25) is 0 Å². The molecule has 2 heterocycles. The molecule has 1 aromatic heterocycles. The quantitative estimate of drug-likeness (QED) is 0.271. The molecular weight excluding hydrogens is 508 g/mol. The number of thiophene rings is 1. The van der Waals surface area contributed by atoms with Gasteiger partial charge in [-0.2, -0.15) is 0 Å². The first kappa shape index (κ1) is 24.9. The van der Waals surface area contributed by atoms with E-state index in [-0.39, 0.29) is 17.6 Å². The molecule has 6 nitrogen and oxygen atoms in total. The van der Waals surface area contributed by atoms with Gasteiger partial charge in [0.25, 0.3) is 5.91 Å². The minimum atomic E-state index is -0.636. The maximum absolute atomic E-state index is 14.2. The van der Waals surface area contributed by atoms with Crippen molar-refractivity contribution in [1.29, 1.82) is 0 Å². The van der Waals surface area contributed by atoms with Crippen LogP contribution in [0.5, 0.6) is 0 Å². The number of esters is 1. The standard InChI is InChI=1S/C32H26N2O4S/c1-38-32(37)22-15-13-20(14-16-22)30-29-25(18-23(19-27(29)35)28-12-7-17-39-28)33-24-10-5-6-11-26(24)34(30)31(36)21-8-3-2-4-9-21/h2-17,23,29-30H,18-19H2,1H3. The third-order valence-electron chi connectivity index (χ3n) is 7.47. The van der Waals surface area contributed by atoms with Crippen molar-refractivity contribution in [3.05, 3.63) is 118 Å². The average Bonchev–Trinajstić information content (AvgIpc) is 3.47. The van der Waals surface area contributed by atoms with Gasteiger partial charge < -0.3 is 4.74 Å². The van der Waals surface area contributed by atoms with Crippen LogP contribution in [0.3, 0.4) is 0 Å². The Morgan fingerprint density at radius 2 is 1.62 bits per heavy atom. The molecule has 3 aromatic carbocycles. The van der Waals surface area contributed by atoms with Gasteiger partial charge in [0.15, 0.2) is 0 Å². The number of benzene rings is 3. The second-order valence-electron chi connectivity index (χ2n) is 9.76. The fourth-order valence-electron chi connectivity index (χ4n) is 5.65. The largest absolute Gasteiger partial charge is 0.465 e. The van der Waals surface area contributed by atoms with Gasteiger partial charge in [-0.1, -0.05) is 48.5 Å². The van der Waals surface area contributed by atoms with Gasteiger partial charge in [0.05, 0.1) is 36.0 Å². The predicted molar refractivity (Wildman–Crippen MR) is 152 cm³/mol. The minimum Gasteiger partial charge on any atom is -0.465 e. The van der Waals surface area contributed by atoms with E-state index in [0.717, 1.165) is 11.3 Å². The topological polar surface area (TPSA) is 76.0 Å². The van der Waals surface area contributed by atoms with Crippen LogP contribution in [-0.2, 0) is 9.53 Å². The van der Waals surface area contributed by atoms with Crippen molar-refractivity contribution in [1.82, 2.24) is 0 Å². The average molecular weight is 535 g/mol. The molecule has 0 saturated heterocycles. The van der Waals surface area contributed by atoms with E-state index in [1.54, 1.807) is 40.5 Å². The molecule has 0 N–H and O–H groups in total. The fraction of sp³-hybridized carbons (Fsp3) is 0.188. The van der Waals surface area contributed by atoms with Gasteiger partial charge in [-0.3, -0.25) is 19.5 Å². The Balaban J connectivity index is 1.53. The van der Waals surface area contributed by atoms with E-state index in [2.05, 4.69) is 6.07 Å². The molecule has 0 spiro atoms. The number of hydrogen-bond acceptors (Lipinski definition) is 6. The van der Waals surface area contributed by atoms with E-state index < -0.39 is 17.9 Å². The van der Waals surface area contributed by atoms with Crippen LogP contribution in [-0.4, -0.2) is 30.5 Å². The van der Waals surface area contributed by atoms with E-state index in [1.165, 1.54) is 12.0 Å². The lowest BCUT2D eigenvalue weighted by Crippen LogP contribution is -2.45. The van der Waals surface area contributed by atoms with E-state index in [0.29, 0.717) is 35.3 Å². The van der Waals surface area contributed by atoms with Crippen LogP contribution in [0.25, 0.3) is 0 Å². The zero-order valence-corrected chi connectivity index (χ0v) is 22.1. The summed E-state index contributed by atoms with van der Waals surface area (Å²) in [7, 11) is 1.34. The molecule has 2 aliphatic rings. The highest BCUT2D eigenvalue weighted by Crippen LogP contribution is 2.48. The van der Waals surface area contributed by atoms with Crippen LogP contribution < -0.4 is 4.90 Å². The summed E-state index contributed by atoms with van der Waals surface area (Å²) >= 11 is 1.65. The summed E-state index contributed by atoms with van der Waals surface area (Å²) in [5.41, 5.74) is 3.77. The molecule has 0 bridgehead atoms. The number of amides is 1. The van der Waals surface area contributed by atoms with Gasteiger partial charge in [-0.05, 0) is 59.8 Å². The predicted octanol–water partition coefficient (Wildman–Crippen LogP) is 6.77. The lowest BCUT2D eigenvalue weighted by Gasteiger charge is -2.38. The Hall–Kier alpha value is -4.36. The Kier molecular flexibility index (Phi) is 6.67. The summed E-state index contributed by atoms with van der Waals surface area (Å²) in [5, 5.41) is 2.03. The van der Waals surface area contributed by atoms with Crippen LogP contribution in [0.4, 0.5) is 11.4 Å². The van der Waals surface area contributed by atoms with Crippen molar-refractivity contribution < 1.29 is 19.1 Å². The first-order chi connectivity index (χ1) is 19.0. The highest BCUT2D eigenvalue weighted by molar-refractivity contribution is 7.10. The second-order valence-corrected chi connectivity index (χ2v) is 10.7. The number of carbonyl (C=O) groups is 3. The molecule has 1 aliphatic carbocycles. The number of Topliss-reactive ketones (excluding diaryl/α,β-unsaturated/α-hetero) is 1. The molecule has 3 unspecified atom stereocenters. The molecule has 7 heteroatoms. The number of nitrogens with zero attached hydrogens (tertiary/aromatic N) is 2. The highest BCUT2D eigenvalue weighted by atomic mass is 32.1. The number of fused-ring (bicyclic) bond motifs is 2. The Bertz CT molecular complexity index is 1560. The number of carbonyl (C=O) groups excluding carboxylic acids is 3. The number of anilines is 1. The number of para-hydroxylation sites is 2. The zero-order valence-electron chi connectivity index (χ0n) is 21.3. The molecule has 1 saturated carbocycles. The lowest BCUT2D eigenvalue weighted by atomic mass is 9.73. The van der Waals surface area contributed by atoms with Crippen LogP contribution >= 0.6 is 11.3 Å². The smallest absolute Gasteiger partial charge is 0.337 e. The van der Waals surface area contributed by atoms with Crippen molar-refractivity contribution in [2.45, 2.75) is 24.8 Å². The molecular formula is C32H26N2O4S. The number of rotatable bonds is 4. The summed E-state index contributed by atoms with van der Waals surface area (Å²) in [6.45, 7) is 0. The van der Waals surface area contributed by atoms with Crippen LogP contribution in [0.15, 0.2) is 101 Å². The van der Waals surface area contributed by atoms with E-state index in [4.69, 9.17) is 9.73 Å². The molecule has 1 amide bonds. The summed E-state index contributed by atoms with van der Waals surface area (Å²) in [5.74, 6) is -1.17. The summed E-state index contributed by atoms with van der Waals surface area (Å²) in [6, 6.07) is 27.1. The summed E-state index contributed by atoms with van der Waals surface area (Å²) in [4.78, 5) is 48.4. The third kappa shape index (κ3) is 4.59. The molecule has 3 atom stereocenters. The fourth-order valence-corrected chi connectivity index (χ4v) is 6.48. The van der Waals surface area contributed by atoms with Crippen molar-refractivity contribution >= 4 is 46.1 Å². The Morgan fingerprint density at radius 1 is 0.872 bits per heavy atom. The maximum Gasteiger partial charge on any atom is 0.337 e. The molecule has 1 fully saturated rings. The van der Waals surface area contributed by atoms with Gasteiger partial charge in [0.1, 0.15) is 5.78 Å². The zero-order chi connectivity index (χ0) is 26.9. The van der Waals surface area contributed by atoms with E-state index >= 15 is 0 Å². The Morgan fingerprint density at radius 3 is 2.33 bits per heavy atom. The highest BCUT2D eigenvalue weighted by Gasteiger charge is 2.46. The monoisotopic (exact) mass is 534 g/mol. The van der Waals surface area contributed by atoms with E-state index in [1.807, 2.05) is 66.0 Å². The normalized spacial score (nSPS) is 20.3. The summed E-state index contributed by atoms with van der Waals surface area (Å²) in [6.07, 6.45) is 1.01. The van der Waals surface area contributed by atoms with E-state index in [9.17, 15) is 14.4 Å². The Labute approximate surface area is 230 Å². The number of hydrogen-bond donors (Lipinski definition) is 0. The van der Waals surface area contributed by atoms with Crippen molar-refractivity contribution in [2.24, 2.45) is 10.9 Å². The molecule has 39 heavy (non-hydrogen) atoms. The minimum absolute atomic E-state index is 0.0541. The van der Waals surface area contributed by atoms with Gasteiger partial charge in [-0.15, -0.1) is 11.3 Å². The molecule has 4 aromatic rings. The van der Waals surface area contributed by atoms with Gasteiger partial charge in [0, 0.05) is 28.5 Å². The number of ketones is 1. The van der Waals surface area contributed by atoms with Crippen molar-refractivity contribution in [3.8, 4) is 0 Å². The second kappa shape index (κ2) is 10.4. The molecule has 1 aliphatic heterocycles. The number of ether oxygens (including phenoxy) is 1. The SMILES string of the molecule is COC(=O)c1ccc(C2C3C(=O)CC(c4cccs4)CC3=Nc3ccccc3N2C(=O)c2ccccc2)cc1.